The van der Waals surface area contributed by atoms with E-state index in [1.807, 2.05) is 13.0 Å². The molecule has 3 N–H and O–H groups in total. The van der Waals surface area contributed by atoms with E-state index < -0.39 is 0 Å². The van der Waals surface area contributed by atoms with Crippen molar-refractivity contribution in [1.82, 2.24) is 5.32 Å². The van der Waals surface area contributed by atoms with Crippen molar-refractivity contribution in [3.63, 3.8) is 0 Å². The first-order valence-corrected chi connectivity index (χ1v) is 6.77. The summed E-state index contributed by atoms with van der Waals surface area (Å²) in [6.07, 6.45) is 3.41. The van der Waals surface area contributed by atoms with Crippen LogP contribution in [-0.2, 0) is 4.79 Å². The van der Waals surface area contributed by atoms with Gasteiger partial charge in [0.15, 0.2) is 0 Å². The van der Waals surface area contributed by atoms with Crippen LogP contribution in [0.25, 0.3) is 0 Å². The van der Waals surface area contributed by atoms with Crippen LogP contribution in [0.5, 0.6) is 0 Å². The summed E-state index contributed by atoms with van der Waals surface area (Å²) in [7, 11) is 0. The largest absolute Gasteiger partial charge is 0.352 e. The Balaban J connectivity index is 2.02. The average Bonchev–Trinajstić information content (AvgIpc) is 2.86. The van der Waals surface area contributed by atoms with E-state index in [4.69, 9.17) is 5.73 Å². The molecule has 1 aliphatic rings. The van der Waals surface area contributed by atoms with Gasteiger partial charge in [-0.2, -0.15) is 0 Å². The third kappa shape index (κ3) is 2.91. The summed E-state index contributed by atoms with van der Waals surface area (Å²) in [4.78, 5) is 11.9. The lowest BCUT2D eigenvalue weighted by atomic mass is 9.94. The topological polar surface area (TPSA) is 55.1 Å². The predicted octanol–water partition coefficient (Wildman–Crippen LogP) is 2.03. The fourth-order valence-corrected chi connectivity index (χ4v) is 2.66. The van der Waals surface area contributed by atoms with Gasteiger partial charge in [-0.05, 0) is 18.4 Å². The number of hydrogen-bond donors (Lipinski definition) is 2. The van der Waals surface area contributed by atoms with Crippen LogP contribution in [0, 0.1) is 5.92 Å². The van der Waals surface area contributed by atoms with Gasteiger partial charge >= 0.3 is 0 Å². The molecule has 3 unspecified atom stereocenters. The number of carbonyl (C=O) groups is 1. The Hall–Kier alpha value is -1.35. The first-order valence-electron chi connectivity index (χ1n) is 6.77. The molecular weight excluding hydrogens is 224 g/mol. The Morgan fingerprint density at radius 3 is 2.78 bits per heavy atom. The monoisotopic (exact) mass is 246 g/mol. The van der Waals surface area contributed by atoms with Crippen molar-refractivity contribution < 1.29 is 4.79 Å². The fourth-order valence-electron chi connectivity index (χ4n) is 2.66. The zero-order chi connectivity index (χ0) is 13.0. The molecule has 0 spiro atoms. The second-order valence-corrected chi connectivity index (χ2v) is 5.20. The lowest BCUT2D eigenvalue weighted by molar-refractivity contribution is -0.125. The Bertz CT molecular complexity index is 391. The molecule has 3 atom stereocenters. The lowest BCUT2D eigenvalue weighted by Crippen LogP contribution is -2.41. The molecule has 0 saturated heterocycles. The molecule has 0 bridgehead atoms. The van der Waals surface area contributed by atoms with Gasteiger partial charge in [0.25, 0.3) is 0 Å². The second kappa shape index (κ2) is 6.01. The fraction of sp³-hybridized carbons (Fsp3) is 0.533. The summed E-state index contributed by atoms with van der Waals surface area (Å²) >= 11 is 0. The zero-order valence-corrected chi connectivity index (χ0v) is 10.9. The van der Waals surface area contributed by atoms with Crippen molar-refractivity contribution in [3.8, 4) is 0 Å². The SMILES string of the molecule is CC(CN)C(=O)NC1CCCC1c1ccccc1. The number of amides is 1. The molecule has 1 aromatic carbocycles. The summed E-state index contributed by atoms with van der Waals surface area (Å²) in [5.74, 6) is 0.451. The number of hydrogen-bond acceptors (Lipinski definition) is 2. The molecule has 0 heterocycles. The third-order valence-corrected chi connectivity index (χ3v) is 3.87. The van der Waals surface area contributed by atoms with Crippen molar-refractivity contribution in [2.45, 2.75) is 38.1 Å². The first-order chi connectivity index (χ1) is 8.72. The summed E-state index contributed by atoms with van der Waals surface area (Å²) in [6.45, 7) is 2.29. The Labute approximate surface area is 109 Å². The molecule has 2 rings (SSSR count). The maximum Gasteiger partial charge on any atom is 0.224 e. The van der Waals surface area contributed by atoms with Gasteiger partial charge in [-0.1, -0.05) is 43.7 Å². The highest BCUT2D eigenvalue weighted by Crippen LogP contribution is 2.34. The van der Waals surface area contributed by atoms with Gasteiger partial charge in [0.1, 0.15) is 0 Å². The summed E-state index contributed by atoms with van der Waals surface area (Å²) in [6, 6.07) is 10.7. The molecule has 1 aliphatic carbocycles. The van der Waals surface area contributed by atoms with E-state index in [0.717, 1.165) is 12.8 Å². The minimum atomic E-state index is -0.0953. The van der Waals surface area contributed by atoms with E-state index >= 15 is 0 Å². The van der Waals surface area contributed by atoms with Crippen LogP contribution in [0.1, 0.15) is 37.7 Å². The quantitative estimate of drug-likeness (QED) is 0.854. The number of rotatable bonds is 4. The molecular formula is C15H22N2O. The van der Waals surface area contributed by atoms with E-state index in [1.165, 1.54) is 12.0 Å². The number of benzene rings is 1. The smallest absolute Gasteiger partial charge is 0.224 e. The van der Waals surface area contributed by atoms with Gasteiger partial charge in [-0.3, -0.25) is 4.79 Å². The number of carbonyl (C=O) groups excluding carboxylic acids is 1. The molecule has 1 saturated carbocycles. The van der Waals surface area contributed by atoms with Crippen LogP contribution in [-0.4, -0.2) is 18.5 Å². The van der Waals surface area contributed by atoms with Crippen LogP contribution in [0.2, 0.25) is 0 Å². The van der Waals surface area contributed by atoms with Gasteiger partial charge < -0.3 is 11.1 Å². The number of nitrogens with two attached hydrogens (primary N) is 1. The number of nitrogens with one attached hydrogen (secondary N) is 1. The van der Waals surface area contributed by atoms with E-state index in [9.17, 15) is 4.79 Å². The van der Waals surface area contributed by atoms with Crippen LogP contribution in [0.3, 0.4) is 0 Å². The zero-order valence-electron chi connectivity index (χ0n) is 10.9. The average molecular weight is 246 g/mol. The Morgan fingerprint density at radius 2 is 2.11 bits per heavy atom. The van der Waals surface area contributed by atoms with E-state index in [-0.39, 0.29) is 17.9 Å². The highest BCUT2D eigenvalue weighted by molar-refractivity contribution is 5.79. The summed E-state index contributed by atoms with van der Waals surface area (Å²) in [5.41, 5.74) is 6.87. The molecule has 3 heteroatoms. The van der Waals surface area contributed by atoms with Crippen LogP contribution in [0.4, 0.5) is 0 Å². The van der Waals surface area contributed by atoms with Crippen LogP contribution in [0.15, 0.2) is 30.3 Å². The lowest BCUT2D eigenvalue weighted by Gasteiger charge is -2.23. The molecule has 0 aromatic heterocycles. The highest BCUT2D eigenvalue weighted by Gasteiger charge is 2.30. The first kappa shape index (κ1) is 13.1. The molecule has 0 aliphatic heterocycles. The molecule has 98 valence electrons. The standard InChI is InChI=1S/C15H22N2O/c1-11(10-16)15(18)17-14-9-5-8-13(14)12-6-3-2-4-7-12/h2-4,6-7,11,13-14H,5,8-10,16H2,1H3,(H,17,18). The molecule has 1 amide bonds. The predicted molar refractivity (Wildman–Crippen MR) is 73.2 cm³/mol. The van der Waals surface area contributed by atoms with Gasteiger partial charge in [-0.15, -0.1) is 0 Å². The maximum absolute atomic E-state index is 11.9. The van der Waals surface area contributed by atoms with E-state index in [0.29, 0.717) is 12.5 Å². The molecule has 1 fully saturated rings. The minimum Gasteiger partial charge on any atom is -0.352 e. The van der Waals surface area contributed by atoms with Gasteiger partial charge in [0, 0.05) is 24.4 Å². The van der Waals surface area contributed by atoms with Crippen molar-refractivity contribution in [1.29, 1.82) is 0 Å². The van der Waals surface area contributed by atoms with Crippen LogP contribution < -0.4 is 11.1 Å². The molecule has 3 nitrogen and oxygen atoms in total. The molecule has 0 radical (unpaired) electrons. The Morgan fingerprint density at radius 1 is 1.39 bits per heavy atom. The summed E-state index contributed by atoms with van der Waals surface area (Å²) < 4.78 is 0. The highest BCUT2D eigenvalue weighted by atomic mass is 16.1. The Kier molecular flexibility index (Phi) is 4.37. The van der Waals surface area contributed by atoms with Gasteiger partial charge in [0.2, 0.25) is 5.91 Å². The normalized spacial score (nSPS) is 24.8. The van der Waals surface area contributed by atoms with E-state index in [2.05, 4.69) is 29.6 Å². The van der Waals surface area contributed by atoms with Crippen molar-refractivity contribution >= 4 is 5.91 Å². The molecule has 1 aromatic rings. The maximum atomic E-state index is 11.9. The van der Waals surface area contributed by atoms with Crippen molar-refractivity contribution in [3.05, 3.63) is 35.9 Å². The molecule has 18 heavy (non-hydrogen) atoms. The van der Waals surface area contributed by atoms with E-state index in [1.54, 1.807) is 0 Å². The van der Waals surface area contributed by atoms with Crippen molar-refractivity contribution in [2.75, 3.05) is 6.54 Å². The summed E-state index contributed by atoms with van der Waals surface area (Å²) in [5, 5.41) is 3.16. The van der Waals surface area contributed by atoms with Gasteiger partial charge in [-0.25, -0.2) is 0 Å². The minimum absolute atomic E-state index is 0.0883. The second-order valence-electron chi connectivity index (χ2n) is 5.20. The van der Waals surface area contributed by atoms with Gasteiger partial charge in [0.05, 0.1) is 0 Å². The van der Waals surface area contributed by atoms with Crippen LogP contribution >= 0.6 is 0 Å². The van der Waals surface area contributed by atoms with Crippen molar-refractivity contribution in [2.24, 2.45) is 11.7 Å². The third-order valence-electron chi connectivity index (χ3n) is 3.87.